The fourth-order valence-corrected chi connectivity index (χ4v) is 4.18. The number of aryl methyl sites for hydroxylation is 1. The number of likely N-dealkylation sites (tertiary alicyclic amines) is 1. The predicted octanol–water partition coefficient (Wildman–Crippen LogP) is 4.59. The summed E-state index contributed by atoms with van der Waals surface area (Å²) in [4.78, 5) is 27.7. The molecule has 1 heterocycles. The van der Waals surface area contributed by atoms with Crippen molar-refractivity contribution in [2.24, 2.45) is 5.92 Å². The second kappa shape index (κ2) is 11.9. The Morgan fingerprint density at radius 2 is 1.83 bits per heavy atom. The average Bonchev–Trinajstić information content (AvgIpc) is 3.09. The van der Waals surface area contributed by atoms with Gasteiger partial charge in [0.1, 0.15) is 11.5 Å². The molecule has 1 unspecified atom stereocenters. The number of Topliss-reactive ketones (excluding diaryl/α,β-unsaturated/α-hetero) is 1. The minimum absolute atomic E-state index is 0.0131. The van der Waals surface area contributed by atoms with Gasteiger partial charge in [0.15, 0.2) is 11.5 Å². The van der Waals surface area contributed by atoms with Gasteiger partial charge in [-0.15, -0.1) is 0 Å². The molecule has 36 heavy (non-hydrogen) atoms. The maximum absolute atomic E-state index is 13.2. The molecule has 1 fully saturated rings. The van der Waals surface area contributed by atoms with Crippen molar-refractivity contribution in [2.75, 3.05) is 33.5 Å². The van der Waals surface area contributed by atoms with Gasteiger partial charge in [-0.25, -0.2) is 0 Å². The molecule has 0 spiro atoms. The van der Waals surface area contributed by atoms with E-state index in [1.54, 1.807) is 44.4 Å². The lowest BCUT2D eigenvalue weighted by Gasteiger charge is -2.26. The van der Waals surface area contributed by atoms with Gasteiger partial charge in [0.05, 0.1) is 24.8 Å². The standard InChI is InChI=1S/C28H35NO7/c1-6-35-23-15-19(8-10-21(23)30)25-24(27(32)28(33)29(25)12-7-13-34-5)26(31)20-9-11-22(18(4)14-20)36-16-17(2)3/h8-11,14-15,17,25,30-31H,6-7,12-13,16H2,1-5H3/b26-24+. The largest absolute Gasteiger partial charge is 0.507 e. The summed E-state index contributed by atoms with van der Waals surface area (Å²) in [6.07, 6.45) is 0.511. The second-order valence-corrected chi connectivity index (χ2v) is 9.18. The molecule has 0 bridgehead atoms. The number of carbonyl (C=O) groups excluding carboxylic acids is 2. The van der Waals surface area contributed by atoms with Crippen molar-refractivity contribution in [3.8, 4) is 17.2 Å². The van der Waals surface area contributed by atoms with Gasteiger partial charge in [0.2, 0.25) is 0 Å². The summed E-state index contributed by atoms with van der Waals surface area (Å²) < 4.78 is 16.5. The highest BCUT2D eigenvalue weighted by Crippen LogP contribution is 2.42. The van der Waals surface area contributed by atoms with Gasteiger partial charge in [0.25, 0.3) is 11.7 Å². The summed E-state index contributed by atoms with van der Waals surface area (Å²) in [6.45, 7) is 9.32. The Morgan fingerprint density at radius 1 is 1.08 bits per heavy atom. The van der Waals surface area contributed by atoms with Gasteiger partial charge in [0, 0.05) is 25.8 Å². The zero-order valence-corrected chi connectivity index (χ0v) is 21.5. The Bertz CT molecular complexity index is 1140. The third-order valence-corrected chi connectivity index (χ3v) is 5.91. The molecular formula is C28H35NO7. The minimum Gasteiger partial charge on any atom is -0.507 e. The number of amides is 1. The summed E-state index contributed by atoms with van der Waals surface area (Å²) in [5.74, 6) is -0.493. The monoisotopic (exact) mass is 497 g/mol. The van der Waals surface area contributed by atoms with E-state index in [9.17, 15) is 19.8 Å². The van der Waals surface area contributed by atoms with Crippen LogP contribution in [0.1, 0.15) is 49.9 Å². The fraction of sp³-hybridized carbons (Fsp3) is 0.429. The molecule has 1 aliphatic rings. The van der Waals surface area contributed by atoms with E-state index in [2.05, 4.69) is 13.8 Å². The van der Waals surface area contributed by atoms with Gasteiger partial charge in [-0.3, -0.25) is 9.59 Å². The number of aromatic hydroxyl groups is 1. The second-order valence-electron chi connectivity index (χ2n) is 9.18. The molecular weight excluding hydrogens is 462 g/mol. The number of aliphatic hydroxyl groups is 1. The van der Waals surface area contributed by atoms with Crippen molar-refractivity contribution < 1.29 is 34.0 Å². The number of carbonyl (C=O) groups is 2. The Labute approximate surface area is 212 Å². The van der Waals surface area contributed by atoms with Crippen LogP contribution < -0.4 is 9.47 Å². The lowest BCUT2D eigenvalue weighted by molar-refractivity contribution is -0.140. The van der Waals surface area contributed by atoms with Gasteiger partial charge < -0.3 is 29.3 Å². The van der Waals surface area contributed by atoms with Crippen LogP contribution in [-0.4, -0.2) is 60.3 Å². The van der Waals surface area contributed by atoms with Crippen LogP contribution in [0.4, 0.5) is 0 Å². The summed E-state index contributed by atoms with van der Waals surface area (Å²) in [5, 5.41) is 21.5. The Morgan fingerprint density at radius 3 is 2.47 bits per heavy atom. The van der Waals surface area contributed by atoms with Gasteiger partial charge >= 0.3 is 0 Å². The number of phenolic OH excluding ortho intramolecular Hbond substituents is 1. The zero-order chi connectivity index (χ0) is 26.4. The van der Waals surface area contributed by atoms with Crippen molar-refractivity contribution in [1.29, 1.82) is 0 Å². The number of rotatable bonds is 11. The molecule has 1 atom stereocenters. The first-order valence-electron chi connectivity index (χ1n) is 12.2. The number of methoxy groups -OCH3 is 1. The van der Waals surface area contributed by atoms with Crippen molar-refractivity contribution in [3.05, 3.63) is 58.7 Å². The molecule has 2 aromatic rings. The number of nitrogens with zero attached hydrogens (tertiary/aromatic N) is 1. The maximum Gasteiger partial charge on any atom is 0.295 e. The van der Waals surface area contributed by atoms with Crippen LogP contribution in [0.25, 0.3) is 5.76 Å². The van der Waals surface area contributed by atoms with Gasteiger partial charge in [-0.05, 0) is 67.6 Å². The highest BCUT2D eigenvalue weighted by Gasteiger charge is 2.46. The SMILES string of the molecule is CCOc1cc(C2/C(=C(\O)c3ccc(OCC(C)C)c(C)c3)C(=O)C(=O)N2CCCOC)ccc1O. The summed E-state index contributed by atoms with van der Waals surface area (Å²) >= 11 is 0. The highest BCUT2D eigenvalue weighted by atomic mass is 16.5. The van der Waals surface area contributed by atoms with Crippen LogP contribution in [0.3, 0.4) is 0 Å². The Kier molecular flexibility index (Phi) is 8.98. The van der Waals surface area contributed by atoms with E-state index in [0.717, 1.165) is 5.56 Å². The summed E-state index contributed by atoms with van der Waals surface area (Å²) in [7, 11) is 1.57. The first-order valence-corrected chi connectivity index (χ1v) is 12.2. The first-order chi connectivity index (χ1) is 17.2. The molecule has 8 nitrogen and oxygen atoms in total. The number of aliphatic hydroxyl groups excluding tert-OH is 1. The zero-order valence-electron chi connectivity index (χ0n) is 21.5. The topological polar surface area (TPSA) is 106 Å². The van der Waals surface area contributed by atoms with Gasteiger partial charge in [-0.1, -0.05) is 19.9 Å². The van der Waals surface area contributed by atoms with E-state index in [1.807, 2.05) is 6.92 Å². The molecule has 8 heteroatoms. The smallest absolute Gasteiger partial charge is 0.295 e. The lowest BCUT2D eigenvalue weighted by Crippen LogP contribution is -2.31. The lowest BCUT2D eigenvalue weighted by atomic mass is 9.94. The van der Waals surface area contributed by atoms with Crippen LogP contribution in [0.15, 0.2) is 42.0 Å². The van der Waals surface area contributed by atoms with Gasteiger partial charge in [-0.2, -0.15) is 0 Å². The molecule has 0 radical (unpaired) electrons. The Hall–Kier alpha value is -3.52. The summed E-state index contributed by atoms with van der Waals surface area (Å²) in [6, 6.07) is 9.00. The van der Waals surface area contributed by atoms with Crippen LogP contribution in [0.5, 0.6) is 17.2 Å². The number of ether oxygens (including phenoxy) is 3. The van der Waals surface area contributed by atoms with Crippen molar-refractivity contribution in [2.45, 2.75) is 40.2 Å². The van der Waals surface area contributed by atoms with Crippen molar-refractivity contribution >= 4 is 17.4 Å². The molecule has 2 N–H and O–H groups in total. The average molecular weight is 498 g/mol. The molecule has 2 aromatic carbocycles. The fourth-order valence-electron chi connectivity index (χ4n) is 4.18. The van der Waals surface area contributed by atoms with Crippen molar-refractivity contribution in [1.82, 2.24) is 4.90 Å². The third-order valence-electron chi connectivity index (χ3n) is 5.91. The van der Waals surface area contributed by atoms with Crippen LogP contribution in [0.2, 0.25) is 0 Å². The molecule has 1 amide bonds. The maximum atomic E-state index is 13.2. The molecule has 0 aromatic heterocycles. The quantitative estimate of drug-likeness (QED) is 0.202. The molecule has 0 aliphatic carbocycles. The van der Waals surface area contributed by atoms with E-state index >= 15 is 0 Å². The van der Waals surface area contributed by atoms with Crippen molar-refractivity contribution in [3.63, 3.8) is 0 Å². The van der Waals surface area contributed by atoms with Crippen LogP contribution in [-0.2, 0) is 14.3 Å². The normalized spacial score (nSPS) is 17.2. The van der Waals surface area contributed by atoms with E-state index in [-0.39, 0.29) is 29.4 Å². The number of phenols is 1. The molecule has 0 saturated carbocycles. The Balaban J connectivity index is 2.10. The molecule has 194 valence electrons. The number of hydrogen-bond acceptors (Lipinski definition) is 7. The molecule has 3 rings (SSSR count). The number of benzene rings is 2. The third kappa shape index (κ3) is 5.82. The van der Waals surface area contributed by atoms with Crippen LogP contribution in [0, 0.1) is 12.8 Å². The molecule has 1 saturated heterocycles. The number of hydrogen-bond donors (Lipinski definition) is 2. The minimum atomic E-state index is -0.848. The highest BCUT2D eigenvalue weighted by molar-refractivity contribution is 6.46. The van der Waals surface area contributed by atoms with E-state index in [4.69, 9.17) is 14.2 Å². The van der Waals surface area contributed by atoms with Crippen LogP contribution >= 0.6 is 0 Å². The molecule has 1 aliphatic heterocycles. The first kappa shape index (κ1) is 27.1. The van der Waals surface area contributed by atoms with E-state index < -0.39 is 17.7 Å². The number of ketones is 1. The summed E-state index contributed by atoms with van der Waals surface area (Å²) in [5.41, 5.74) is 1.74. The van der Waals surface area contributed by atoms with E-state index in [0.29, 0.717) is 49.0 Å². The van der Waals surface area contributed by atoms with E-state index in [1.165, 1.54) is 11.0 Å². The predicted molar refractivity (Wildman–Crippen MR) is 136 cm³/mol.